The van der Waals surface area contributed by atoms with Crippen molar-refractivity contribution in [2.75, 3.05) is 6.54 Å². The molecule has 1 aliphatic carbocycles. The van der Waals surface area contributed by atoms with Crippen molar-refractivity contribution in [3.63, 3.8) is 0 Å². The Labute approximate surface area is 118 Å². The molecule has 7 nitrogen and oxygen atoms in total. The maximum Gasteiger partial charge on any atom is 0.315 e. The van der Waals surface area contributed by atoms with Gasteiger partial charge in [0.05, 0.1) is 11.3 Å². The summed E-state index contributed by atoms with van der Waals surface area (Å²) >= 11 is 0. The molecule has 0 aromatic rings. The third-order valence-electron chi connectivity index (χ3n) is 3.72. The van der Waals surface area contributed by atoms with Crippen molar-refractivity contribution < 1.29 is 19.5 Å². The summed E-state index contributed by atoms with van der Waals surface area (Å²) in [6.45, 7) is 3.44. The largest absolute Gasteiger partial charge is 0.481 e. The first-order valence-corrected chi connectivity index (χ1v) is 6.79. The van der Waals surface area contributed by atoms with E-state index in [4.69, 9.17) is 10.8 Å². The average molecular weight is 285 g/mol. The molecule has 2 unspecified atom stereocenters. The Morgan fingerprint density at radius 2 is 1.95 bits per heavy atom. The van der Waals surface area contributed by atoms with Crippen LogP contribution in [0.3, 0.4) is 0 Å². The molecular formula is C13H23N3O4. The smallest absolute Gasteiger partial charge is 0.315 e. The summed E-state index contributed by atoms with van der Waals surface area (Å²) < 4.78 is 0. The number of hydrogen-bond acceptors (Lipinski definition) is 3. The molecule has 1 saturated carbocycles. The lowest BCUT2D eigenvalue weighted by molar-refractivity contribution is -0.143. The van der Waals surface area contributed by atoms with Gasteiger partial charge in [-0.05, 0) is 33.1 Å². The molecule has 1 fully saturated rings. The number of rotatable bonds is 5. The third kappa shape index (κ3) is 4.71. The number of hydrogen-bond donors (Lipinski definition) is 4. The van der Waals surface area contributed by atoms with E-state index in [9.17, 15) is 14.4 Å². The van der Waals surface area contributed by atoms with Crippen LogP contribution in [-0.4, -0.2) is 35.6 Å². The van der Waals surface area contributed by atoms with E-state index in [-0.39, 0.29) is 12.6 Å². The number of aliphatic carboxylic acids is 1. The number of urea groups is 1. The summed E-state index contributed by atoms with van der Waals surface area (Å²) in [6.07, 6.45) is 2.66. The van der Waals surface area contributed by atoms with Crippen LogP contribution >= 0.6 is 0 Å². The highest BCUT2D eigenvalue weighted by molar-refractivity contribution is 5.81. The van der Waals surface area contributed by atoms with Crippen molar-refractivity contribution in [3.05, 3.63) is 0 Å². The molecule has 0 aromatic carbocycles. The van der Waals surface area contributed by atoms with Gasteiger partial charge in [-0.15, -0.1) is 0 Å². The van der Waals surface area contributed by atoms with E-state index in [2.05, 4.69) is 10.6 Å². The van der Waals surface area contributed by atoms with Crippen molar-refractivity contribution in [1.29, 1.82) is 0 Å². The van der Waals surface area contributed by atoms with Crippen LogP contribution in [0.2, 0.25) is 0 Å². The van der Waals surface area contributed by atoms with Crippen LogP contribution in [0.15, 0.2) is 0 Å². The third-order valence-corrected chi connectivity index (χ3v) is 3.72. The Morgan fingerprint density at radius 1 is 1.30 bits per heavy atom. The second-order valence-corrected chi connectivity index (χ2v) is 5.97. The fourth-order valence-corrected chi connectivity index (χ4v) is 2.17. The first kappa shape index (κ1) is 16.3. The molecule has 0 saturated heterocycles. The fraction of sp³-hybridized carbons (Fsp3) is 0.769. The highest BCUT2D eigenvalue weighted by Crippen LogP contribution is 2.24. The summed E-state index contributed by atoms with van der Waals surface area (Å²) in [4.78, 5) is 33.8. The van der Waals surface area contributed by atoms with Gasteiger partial charge < -0.3 is 21.5 Å². The van der Waals surface area contributed by atoms with Gasteiger partial charge >= 0.3 is 12.0 Å². The number of nitrogens with one attached hydrogen (secondary N) is 2. The number of nitrogens with two attached hydrogens (primary N) is 1. The lowest BCUT2D eigenvalue weighted by atomic mass is 9.86. The zero-order chi connectivity index (χ0) is 15.3. The summed E-state index contributed by atoms with van der Waals surface area (Å²) in [5.41, 5.74) is 4.40. The van der Waals surface area contributed by atoms with Gasteiger partial charge in [-0.25, -0.2) is 4.79 Å². The summed E-state index contributed by atoms with van der Waals surface area (Å²) in [5.74, 6) is -1.69. The maximum absolute atomic E-state index is 11.7. The van der Waals surface area contributed by atoms with E-state index in [0.717, 1.165) is 12.8 Å². The number of carbonyl (C=O) groups is 3. The van der Waals surface area contributed by atoms with Crippen LogP contribution in [0, 0.1) is 11.3 Å². The Morgan fingerprint density at radius 3 is 2.50 bits per heavy atom. The molecule has 0 radical (unpaired) electrons. The van der Waals surface area contributed by atoms with Gasteiger partial charge in [0.15, 0.2) is 0 Å². The van der Waals surface area contributed by atoms with E-state index < -0.39 is 29.2 Å². The quantitative estimate of drug-likeness (QED) is 0.585. The van der Waals surface area contributed by atoms with Crippen LogP contribution < -0.4 is 16.4 Å². The zero-order valence-corrected chi connectivity index (χ0v) is 11.9. The van der Waals surface area contributed by atoms with Gasteiger partial charge in [0.1, 0.15) is 0 Å². The minimum Gasteiger partial charge on any atom is -0.481 e. The Kier molecular flexibility index (Phi) is 5.35. The van der Waals surface area contributed by atoms with Crippen LogP contribution in [0.25, 0.3) is 0 Å². The summed E-state index contributed by atoms with van der Waals surface area (Å²) in [6, 6.07) is -0.531. The van der Waals surface area contributed by atoms with Crippen molar-refractivity contribution in [1.82, 2.24) is 10.6 Å². The molecule has 2 atom stereocenters. The molecule has 1 rings (SSSR count). The molecular weight excluding hydrogens is 262 g/mol. The molecule has 0 bridgehead atoms. The minimum absolute atomic E-state index is 0.137. The average Bonchev–Trinajstić information content (AvgIpc) is 2.36. The monoisotopic (exact) mass is 285 g/mol. The highest BCUT2D eigenvalue weighted by atomic mass is 16.4. The lowest BCUT2D eigenvalue weighted by Crippen LogP contribution is -2.49. The molecule has 5 N–H and O–H groups in total. The predicted octanol–water partition coefficient (Wildman–Crippen LogP) is 0.441. The van der Waals surface area contributed by atoms with Crippen LogP contribution in [0.4, 0.5) is 4.79 Å². The fourth-order valence-electron chi connectivity index (χ4n) is 2.17. The van der Waals surface area contributed by atoms with Gasteiger partial charge in [-0.3, -0.25) is 9.59 Å². The van der Waals surface area contributed by atoms with Gasteiger partial charge in [0.25, 0.3) is 0 Å². The Bertz CT molecular complexity index is 395. The normalized spacial score (nSPS) is 22.9. The van der Waals surface area contributed by atoms with Crippen LogP contribution in [0.1, 0.15) is 39.5 Å². The van der Waals surface area contributed by atoms with Crippen molar-refractivity contribution >= 4 is 17.9 Å². The SMILES string of the molecule is CC(C)(CNC(=O)NC1CCCC(C(=O)O)C1)C(N)=O. The number of carbonyl (C=O) groups excluding carboxylic acids is 2. The van der Waals surface area contributed by atoms with Crippen molar-refractivity contribution in [2.24, 2.45) is 17.1 Å². The van der Waals surface area contributed by atoms with Crippen molar-refractivity contribution in [3.8, 4) is 0 Å². The zero-order valence-electron chi connectivity index (χ0n) is 11.9. The molecule has 0 aromatic heterocycles. The summed E-state index contributed by atoms with van der Waals surface area (Å²) in [5, 5.41) is 14.3. The van der Waals surface area contributed by atoms with Gasteiger partial charge in [-0.1, -0.05) is 6.42 Å². The van der Waals surface area contributed by atoms with Gasteiger partial charge in [-0.2, -0.15) is 0 Å². The molecule has 0 spiro atoms. The number of carboxylic acid groups (broad SMARTS) is 1. The minimum atomic E-state index is -0.813. The first-order chi connectivity index (χ1) is 9.22. The molecule has 1 aliphatic rings. The van der Waals surface area contributed by atoms with E-state index >= 15 is 0 Å². The number of primary amides is 1. The topological polar surface area (TPSA) is 122 Å². The van der Waals surface area contributed by atoms with E-state index in [0.29, 0.717) is 12.8 Å². The predicted molar refractivity (Wildman–Crippen MR) is 72.9 cm³/mol. The van der Waals surface area contributed by atoms with E-state index in [1.54, 1.807) is 13.8 Å². The molecule has 0 aliphatic heterocycles. The van der Waals surface area contributed by atoms with Crippen LogP contribution in [-0.2, 0) is 9.59 Å². The lowest BCUT2D eigenvalue weighted by Gasteiger charge is -2.28. The number of amides is 3. The molecule has 114 valence electrons. The summed E-state index contributed by atoms with van der Waals surface area (Å²) in [7, 11) is 0. The van der Waals surface area contributed by atoms with E-state index in [1.807, 2.05) is 0 Å². The van der Waals surface area contributed by atoms with E-state index in [1.165, 1.54) is 0 Å². The highest BCUT2D eigenvalue weighted by Gasteiger charge is 2.29. The molecule has 3 amide bonds. The van der Waals surface area contributed by atoms with Crippen molar-refractivity contribution in [2.45, 2.75) is 45.6 Å². The Hall–Kier alpha value is -1.79. The maximum atomic E-state index is 11.7. The standard InChI is InChI=1S/C13H23N3O4/c1-13(2,11(14)19)7-15-12(20)16-9-5-3-4-8(6-9)10(17)18/h8-9H,3-7H2,1-2H3,(H2,14,19)(H,17,18)(H2,15,16,20). The van der Waals surface area contributed by atoms with Gasteiger partial charge in [0, 0.05) is 12.6 Å². The first-order valence-electron chi connectivity index (χ1n) is 6.79. The van der Waals surface area contributed by atoms with Crippen LogP contribution in [0.5, 0.6) is 0 Å². The molecule has 0 heterocycles. The molecule has 7 heteroatoms. The second-order valence-electron chi connectivity index (χ2n) is 5.97. The second kappa shape index (κ2) is 6.58. The molecule has 20 heavy (non-hydrogen) atoms. The Balaban J connectivity index is 2.39. The van der Waals surface area contributed by atoms with Gasteiger partial charge in [0.2, 0.25) is 5.91 Å². The number of carboxylic acids is 1.